The molecule has 0 radical (unpaired) electrons. The highest BCUT2D eigenvalue weighted by molar-refractivity contribution is 5.98. The van der Waals surface area contributed by atoms with Gasteiger partial charge in [0, 0.05) is 17.6 Å². The molecule has 2 aromatic heterocycles. The van der Waals surface area contributed by atoms with Gasteiger partial charge in [-0.3, -0.25) is 14.7 Å². The second-order valence-corrected chi connectivity index (χ2v) is 9.12. The van der Waals surface area contributed by atoms with Crippen LogP contribution in [0.3, 0.4) is 0 Å². The average Bonchev–Trinajstić information content (AvgIpc) is 3.26. The highest BCUT2D eigenvalue weighted by atomic mass is 16.1. The van der Waals surface area contributed by atoms with Crippen LogP contribution < -0.4 is 5.56 Å². The molecule has 1 fully saturated rings. The van der Waals surface area contributed by atoms with Crippen molar-refractivity contribution < 1.29 is 4.79 Å². The molecule has 0 unspecified atom stereocenters. The minimum absolute atomic E-state index is 0.0297. The third kappa shape index (κ3) is 7.72. The zero-order valence-electron chi connectivity index (χ0n) is 21.2. The fraction of sp³-hybridized carbons (Fsp3) is 0.500. The van der Waals surface area contributed by atoms with Gasteiger partial charge in [-0.05, 0) is 65.1 Å². The summed E-state index contributed by atoms with van der Waals surface area (Å²) in [6.07, 6.45) is 19.3. The van der Waals surface area contributed by atoms with Crippen LogP contribution in [-0.2, 0) is 11.2 Å². The Balaban J connectivity index is 1.56. The molecule has 3 heterocycles. The van der Waals surface area contributed by atoms with E-state index in [2.05, 4.69) is 32.6 Å². The SMILES string of the molecule is C=C/C=C\CCCCCN1CCC(c2cc(=O)n3[nH]c(CC(=O)C(/C=C\C)=C/CC)nc3n2)CC1. The summed E-state index contributed by atoms with van der Waals surface area (Å²) < 4.78 is 1.34. The molecule has 35 heavy (non-hydrogen) atoms. The summed E-state index contributed by atoms with van der Waals surface area (Å²) in [5.74, 6) is 1.04. The predicted molar refractivity (Wildman–Crippen MR) is 142 cm³/mol. The van der Waals surface area contributed by atoms with Gasteiger partial charge in [-0.2, -0.15) is 9.50 Å². The highest BCUT2D eigenvalue weighted by Gasteiger charge is 2.23. The first-order chi connectivity index (χ1) is 17.0. The Kier molecular flexibility index (Phi) is 10.4. The molecule has 0 atom stereocenters. The van der Waals surface area contributed by atoms with Crippen LogP contribution in [0.1, 0.15) is 76.2 Å². The third-order valence-electron chi connectivity index (χ3n) is 6.44. The van der Waals surface area contributed by atoms with Crippen LogP contribution in [0.4, 0.5) is 0 Å². The monoisotopic (exact) mass is 477 g/mol. The summed E-state index contributed by atoms with van der Waals surface area (Å²) in [5, 5.41) is 2.96. The molecule has 0 amide bonds. The van der Waals surface area contributed by atoms with Gasteiger partial charge in [0.05, 0.1) is 12.1 Å². The van der Waals surface area contributed by atoms with Gasteiger partial charge in [0.25, 0.3) is 11.3 Å². The number of fused-ring (bicyclic) bond motifs is 1. The molecule has 1 aliphatic heterocycles. The molecule has 0 saturated carbocycles. The molecular weight excluding hydrogens is 438 g/mol. The Morgan fingerprint density at radius 3 is 2.74 bits per heavy atom. The standard InChI is InChI=1S/C28H39N5O2/c1-4-7-8-9-10-11-12-17-32-18-15-22(16-19-32)24-20-27(35)33-28(29-24)30-26(31-33)21-25(34)23(13-5-2)14-6-3/h4-5,7-8,13-14,20,22H,1,6,9-12,15-19,21H2,2-3H3,(H,29,30,31)/b8-7-,13-5-,23-14+. The van der Waals surface area contributed by atoms with E-state index in [9.17, 15) is 9.59 Å². The van der Waals surface area contributed by atoms with Crippen molar-refractivity contribution in [3.8, 4) is 0 Å². The topological polar surface area (TPSA) is 83.4 Å². The number of hydrogen-bond acceptors (Lipinski definition) is 5. The van der Waals surface area contributed by atoms with Crippen molar-refractivity contribution in [3.63, 3.8) is 0 Å². The van der Waals surface area contributed by atoms with Gasteiger partial charge >= 0.3 is 0 Å². The van der Waals surface area contributed by atoms with Gasteiger partial charge in [-0.15, -0.1) is 0 Å². The quantitative estimate of drug-likeness (QED) is 0.251. The Hall–Kier alpha value is -3.06. The van der Waals surface area contributed by atoms with Crippen LogP contribution in [-0.4, -0.2) is 49.9 Å². The molecule has 3 rings (SSSR count). The second-order valence-electron chi connectivity index (χ2n) is 9.12. The summed E-state index contributed by atoms with van der Waals surface area (Å²) in [5.41, 5.74) is 1.29. The summed E-state index contributed by atoms with van der Waals surface area (Å²) in [6, 6.07) is 1.62. The van der Waals surface area contributed by atoms with E-state index >= 15 is 0 Å². The van der Waals surface area contributed by atoms with Crippen molar-refractivity contribution in [1.82, 2.24) is 24.5 Å². The number of aromatic nitrogens is 4. The lowest BCUT2D eigenvalue weighted by Crippen LogP contribution is -2.34. The van der Waals surface area contributed by atoms with Crippen molar-refractivity contribution in [3.05, 3.63) is 76.5 Å². The first-order valence-corrected chi connectivity index (χ1v) is 12.9. The minimum atomic E-state index is -0.179. The van der Waals surface area contributed by atoms with E-state index in [4.69, 9.17) is 0 Å². The average molecular weight is 478 g/mol. The molecule has 1 N–H and O–H groups in total. The van der Waals surface area contributed by atoms with Gasteiger partial charge in [-0.1, -0.05) is 56.4 Å². The molecule has 2 aromatic rings. The number of piperidine rings is 1. The molecule has 7 nitrogen and oxygen atoms in total. The number of unbranched alkanes of at least 4 members (excludes halogenated alkanes) is 3. The largest absolute Gasteiger partial charge is 0.303 e. The molecule has 0 bridgehead atoms. The maximum absolute atomic E-state index is 12.7. The number of allylic oxidation sites excluding steroid dienone is 7. The van der Waals surface area contributed by atoms with Crippen molar-refractivity contribution in [2.45, 2.75) is 71.1 Å². The number of ketones is 1. The molecule has 0 spiro atoms. The number of nitrogens with one attached hydrogen (secondary N) is 1. The van der Waals surface area contributed by atoms with E-state index in [1.165, 1.54) is 23.8 Å². The van der Waals surface area contributed by atoms with Gasteiger partial charge < -0.3 is 4.90 Å². The number of H-pyrrole nitrogens is 1. The summed E-state index contributed by atoms with van der Waals surface area (Å²) in [7, 11) is 0. The van der Waals surface area contributed by atoms with Gasteiger partial charge in [-0.25, -0.2) is 4.98 Å². The predicted octanol–water partition coefficient (Wildman–Crippen LogP) is 4.92. The van der Waals surface area contributed by atoms with Crippen LogP contribution in [0.25, 0.3) is 5.78 Å². The molecule has 188 valence electrons. The van der Waals surface area contributed by atoms with Gasteiger partial charge in [0.1, 0.15) is 5.82 Å². The zero-order chi connectivity index (χ0) is 25.0. The molecule has 0 aromatic carbocycles. The van der Waals surface area contributed by atoms with Gasteiger partial charge in [0.2, 0.25) is 0 Å². The number of rotatable bonds is 13. The Bertz CT molecular complexity index is 1130. The highest BCUT2D eigenvalue weighted by Crippen LogP contribution is 2.26. The van der Waals surface area contributed by atoms with Crippen molar-refractivity contribution >= 4 is 11.6 Å². The van der Waals surface area contributed by atoms with Crippen molar-refractivity contribution in [2.75, 3.05) is 19.6 Å². The van der Waals surface area contributed by atoms with Crippen molar-refractivity contribution in [1.29, 1.82) is 0 Å². The van der Waals surface area contributed by atoms with E-state index in [1.807, 2.05) is 44.2 Å². The number of likely N-dealkylation sites (tertiary alicyclic amines) is 1. The minimum Gasteiger partial charge on any atom is -0.303 e. The van der Waals surface area contributed by atoms with Gasteiger partial charge in [0.15, 0.2) is 5.78 Å². The summed E-state index contributed by atoms with van der Waals surface area (Å²) in [6.45, 7) is 10.8. The Morgan fingerprint density at radius 2 is 2.03 bits per heavy atom. The number of hydrogen-bond donors (Lipinski definition) is 1. The number of aromatic amines is 1. The van der Waals surface area contributed by atoms with E-state index < -0.39 is 0 Å². The maximum atomic E-state index is 12.7. The first-order valence-electron chi connectivity index (χ1n) is 12.9. The second kappa shape index (κ2) is 13.7. The first kappa shape index (κ1) is 26.5. The zero-order valence-corrected chi connectivity index (χ0v) is 21.2. The lowest BCUT2D eigenvalue weighted by Gasteiger charge is -2.31. The van der Waals surface area contributed by atoms with E-state index in [1.54, 1.807) is 6.07 Å². The Morgan fingerprint density at radius 1 is 1.23 bits per heavy atom. The molecule has 1 saturated heterocycles. The molecular formula is C28H39N5O2. The molecule has 7 heteroatoms. The van der Waals surface area contributed by atoms with Crippen LogP contribution >= 0.6 is 0 Å². The normalized spacial score (nSPS) is 16.1. The van der Waals surface area contributed by atoms with Crippen LogP contribution in [0.5, 0.6) is 0 Å². The maximum Gasteiger partial charge on any atom is 0.274 e. The lowest BCUT2D eigenvalue weighted by molar-refractivity contribution is -0.114. The number of carbonyl (C=O) groups is 1. The van der Waals surface area contributed by atoms with Crippen LogP contribution in [0, 0.1) is 0 Å². The fourth-order valence-electron chi connectivity index (χ4n) is 4.58. The number of carbonyl (C=O) groups excluding carboxylic acids is 1. The molecule has 1 aliphatic rings. The van der Waals surface area contributed by atoms with E-state index in [0.717, 1.165) is 51.0 Å². The number of nitrogens with zero attached hydrogens (tertiary/aromatic N) is 4. The van der Waals surface area contributed by atoms with Crippen molar-refractivity contribution in [2.24, 2.45) is 0 Å². The van der Waals surface area contributed by atoms with Crippen LogP contribution in [0.15, 0.2) is 59.5 Å². The smallest absolute Gasteiger partial charge is 0.274 e. The summed E-state index contributed by atoms with van der Waals surface area (Å²) in [4.78, 5) is 37.1. The summed E-state index contributed by atoms with van der Waals surface area (Å²) >= 11 is 0. The number of Topliss-reactive ketones (excluding diaryl/α,β-unsaturated/α-hetero) is 1. The molecule has 0 aliphatic carbocycles. The van der Waals surface area contributed by atoms with E-state index in [-0.39, 0.29) is 23.7 Å². The van der Waals surface area contributed by atoms with Crippen LogP contribution in [0.2, 0.25) is 0 Å². The third-order valence-corrected chi connectivity index (χ3v) is 6.44. The fourth-order valence-corrected chi connectivity index (χ4v) is 4.58. The Labute approximate surface area is 208 Å². The van der Waals surface area contributed by atoms with E-state index in [0.29, 0.717) is 17.2 Å². The lowest BCUT2D eigenvalue weighted by atomic mass is 9.93.